The Morgan fingerprint density at radius 2 is 2.27 bits per heavy atom. The van der Waals surface area contributed by atoms with Crippen LogP contribution in [-0.2, 0) is 11.2 Å². The predicted octanol–water partition coefficient (Wildman–Crippen LogP) is 2.46. The van der Waals surface area contributed by atoms with Gasteiger partial charge in [0.25, 0.3) is 0 Å². The van der Waals surface area contributed by atoms with Gasteiger partial charge in [-0.05, 0) is 37.8 Å². The summed E-state index contributed by atoms with van der Waals surface area (Å²) in [5, 5.41) is 0. The molecule has 3 heterocycles. The highest BCUT2D eigenvalue weighted by Crippen LogP contribution is 2.21. The lowest BCUT2D eigenvalue weighted by atomic mass is 10.0. The van der Waals surface area contributed by atoms with E-state index in [9.17, 15) is 4.79 Å². The summed E-state index contributed by atoms with van der Waals surface area (Å²) in [5.74, 6) is 0.265. The summed E-state index contributed by atoms with van der Waals surface area (Å²) in [6, 6.07) is 6.29. The van der Waals surface area contributed by atoms with Crippen molar-refractivity contribution in [3.8, 4) is 0 Å². The van der Waals surface area contributed by atoms with Crippen LogP contribution in [0.2, 0.25) is 0 Å². The van der Waals surface area contributed by atoms with Crippen molar-refractivity contribution in [3.05, 3.63) is 48.8 Å². The van der Waals surface area contributed by atoms with Crippen molar-refractivity contribution < 1.29 is 4.79 Å². The van der Waals surface area contributed by atoms with E-state index in [0.717, 1.165) is 44.5 Å². The summed E-state index contributed by atoms with van der Waals surface area (Å²) < 4.78 is 2.12. The zero-order chi connectivity index (χ0) is 15.2. The number of carbonyl (C=O) groups excluding carboxylic acids is 1. The van der Waals surface area contributed by atoms with Crippen LogP contribution in [0.25, 0.3) is 0 Å². The molecule has 0 radical (unpaired) electrons. The molecule has 0 N–H and O–H groups in total. The normalized spacial score (nSPS) is 18.4. The van der Waals surface area contributed by atoms with E-state index in [0.29, 0.717) is 12.5 Å². The lowest BCUT2D eigenvalue weighted by Crippen LogP contribution is -2.40. The van der Waals surface area contributed by atoms with Crippen LogP contribution in [0, 0.1) is 0 Å². The number of aromatic nitrogens is 3. The third-order valence-electron chi connectivity index (χ3n) is 4.25. The van der Waals surface area contributed by atoms with Crippen molar-refractivity contribution in [1.82, 2.24) is 19.4 Å². The van der Waals surface area contributed by atoms with E-state index in [2.05, 4.69) is 14.5 Å². The zero-order valence-electron chi connectivity index (χ0n) is 12.8. The molecule has 22 heavy (non-hydrogen) atoms. The molecule has 1 atom stereocenters. The van der Waals surface area contributed by atoms with Crippen LogP contribution in [0.3, 0.4) is 0 Å². The van der Waals surface area contributed by atoms with E-state index in [1.165, 1.54) is 0 Å². The minimum atomic E-state index is 0.265. The summed E-state index contributed by atoms with van der Waals surface area (Å²) in [5.41, 5.74) is 1.06. The van der Waals surface area contributed by atoms with Crippen LogP contribution in [0.5, 0.6) is 0 Å². The van der Waals surface area contributed by atoms with Gasteiger partial charge in [0.15, 0.2) is 0 Å². The SMILES string of the molecule is O=C(CCCc1ccccn1)N1CCC[C@@H](n2ccnc2)C1. The number of amides is 1. The van der Waals surface area contributed by atoms with Gasteiger partial charge in [-0.1, -0.05) is 6.07 Å². The highest BCUT2D eigenvalue weighted by Gasteiger charge is 2.23. The van der Waals surface area contributed by atoms with Gasteiger partial charge in [-0.2, -0.15) is 0 Å². The van der Waals surface area contributed by atoms with Crippen molar-refractivity contribution in [3.63, 3.8) is 0 Å². The van der Waals surface area contributed by atoms with Crippen LogP contribution in [0.15, 0.2) is 43.1 Å². The number of hydrogen-bond donors (Lipinski definition) is 0. The second kappa shape index (κ2) is 7.20. The molecule has 0 unspecified atom stereocenters. The van der Waals surface area contributed by atoms with E-state index >= 15 is 0 Å². The zero-order valence-corrected chi connectivity index (χ0v) is 12.8. The molecule has 3 rings (SSSR count). The summed E-state index contributed by atoms with van der Waals surface area (Å²) in [7, 11) is 0. The predicted molar refractivity (Wildman–Crippen MR) is 84.3 cm³/mol. The molecule has 0 aliphatic carbocycles. The molecule has 0 spiro atoms. The van der Waals surface area contributed by atoms with E-state index in [4.69, 9.17) is 0 Å². The molecule has 1 aliphatic rings. The van der Waals surface area contributed by atoms with Crippen molar-refractivity contribution in [2.75, 3.05) is 13.1 Å². The van der Waals surface area contributed by atoms with Gasteiger partial charge < -0.3 is 9.47 Å². The summed E-state index contributed by atoms with van der Waals surface area (Å²) in [4.78, 5) is 22.8. The number of pyridine rings is 1. The number of imidazole rings is 1. The molecule has 2 aromatic rings. The van der Waals surface area contributed by atoms with Crippen molar-refractivity contribution in [2.24, 2.45) is 0 Å². The standard InChI is InChI=1S/C17H22N4O/c22-17(8-3-6-15-5-1-2-9-19-15)20-11-4-7-16(13-20)21-12-10-18-14-21/h1-2,5,9-10,12,14,16H,3-4,6-8,11,13H2/t16-/m1/s1. The second-order valence-electron chi connectivity index (χ2n) is 5.82. The fraction of sp³-hybridized carbons (Fsp3) is 0.471. The molecule has 1 aliphatic heterocycles. The number of likely N-dealkylation sites (tertiary alicyclic amines) is 1. The fourth-order valence-corrected chi connectivity index (χ4v) is 3.03. The summed E-state index contributed by atoms with van der Waals surface area (Å²) in [6.45, 7) is 1.69. The number of nitrogens with zero attached hydrogens (tertiary/aromatic N) is 4. The monoisotopic (exact) mass is 298 g/mol. The van der Waals surface area contributed by atoms with Crippen LogP contribution < -0.4 is 0 Å². The number of hydrogen-bond acceptors (Lipinski definition) is 3. The Labute approximate surface area is 131 Å². The highest BCUT2D eigenvalue weighted by atomic mass is 16.2. The molecule has 0 aromatic carbocycles. The topological polar surface area (TPSA) is 51.0 Å². The van der Waals surface area contributed by atoms with Gasteiger partial charge in [-0.15, -0.1) is 0 Å². The molecule has 1 saturated heterocycles. The first-order valence-electron chi connectivity index (χ1n) is 7.98. The average molecular weight is 298 g/mol. The van der Waals surface area contributed by atoms with E-state index in [-0.39, 0.29) is 5.91 Å². The van der Waals surface area contributed by atoms with E-state index in [1.54, 1.807) is 12.4 Å². The lowest BCUT2D eigenvalue weighted by molar-refractivity contribution is -0.132. The molecule has 1 fully saturated rings. The van der Waals surface area contributed by atoms with Gasteiger partial charge in [-0.3, -0.25) is 9.78 Å². The number of carbonyl (C=O) groups is 1. The first-order valence-corrected chi connectivity index (χ1v) is 7.98. The molecule has 1 amide bonds. The van der Waals surface area contributed by atoms with Crippen LogP contribution in [-0.4, -0.2) is 38.4 Å². The first-order chi connectivity index (χ1) is 10.8. The smallest absolute Gasteiger partial charge is 0.222 e. The van der Waals surface area contributed by atoms with Gasteiger partial charge in [-0.25, -0.2) is 4.98 Å². The molecule has 5 heteroatoms. The largest absolute Gasteiger partial charge is 0.341 e. The Morgan fingerprint density at radius 1 is 1.32 bits per heavy atom. The second-order valence-corrected chi connectivity index (χ2v) is 5.82. The summed E-state index contributed by atoms with van der Waals surface area (Å²) >= 11 is 0. The Kier molecular flexibility index (Phi) is 4.83. The highest BCUT2D eigenvalue weighted by molar-refractivity contribution is 5.76. The minimum Gasteiger partial charge on any atom is -0.341 e. The van der Waals surface area contributed by atoms with Gasteiger partial charge in [0, 0.05) is 43.8 Å². The molecular formula is C17H22N4O. The maximum atomic E-state index is 12.4. The van der Waals surface area contributed by atoms with E-state index < -0.39 is 0 Å². The molecule has 2 aromatic heterocycles. The van der Waals surface area contributed by atoms with Gasteiger partial charge in [0.05, 0.1) is 12.4 Å². The quantitative estimate of drug-likeness (QED) is 0.852. The van der Waals surface area contributed by atoms with E-state index in [1.807, 2.05) is 35.6 Å². The molecule has 116 valence electrons. The number of piperidine rings is 1. The van der Waals surface area contributed by atoms with Crippen LogP contribution in [0.1, 0.15) is 37.4 Å². The number of aryl methyl sites for hydroxylation is 1. The van der Waals surface area contributed by atoms with Gasteiger partial charge in [0.2, 0.25) is 5.91 Å². The third kappa shape index (κ3) is 3.72. The van der Waals surface area contributed by atoms with Crippen molar-refractivity contribution >= 4 is 5.91 Å². The number of rotatable bonds is 5. The van der Waals surface area contributed by atoms with Crippen molar-refractivity contribution in [2.45, 2.75) is 38.1 Å². The fourth-order valence-electron chi connectivity index (χ4n) is 3.03. The maximum absolute atomic E-state index is 12.4. The van der Waals surface area contributed by atoms with Crippen LogP contribution in [0.4, 0.5) is 0 Å². The Bertz CT molecular complexity index is 582. The molecule has 0 saturated carbocycles. The van der Waals surface area contributed by atoms with Crippen LogP contribution >= 0.6 is 0 Å². The third-order valence-corrected chi connectivity index (χ3v) is 4.25. The minimum absolute atomic E-state index is 0.265. The Balaban J connectivity index is 1.47. The van der Waals surface area contributed by atoms with Crippen molar-refractivity contribution in [1.29, 1.82) is 0 Å². The molecule has 0 bridgehead atoms. The van der Waals surface area contributed by atoms with Gasteiger partial charge >= 0.3 is 0 Å². The summed E-state index contributed by atoms with van der Waals surface area (Å²) in [6.07, 6.45) is 12.0. The first kappa shape index (κ1) is 14.8. The Morgan fingerprint density at radius 3 is 3.05 bits per heavy atom. The maximum Gasteiger partial charge on any atom is 0.222 e. The molecular weight excluding hydrogens is 276 g/mol. The lowest BCUT2D eigenvalue weighted by Gasteiger charge is -2.33. The molecule has 5 nitrogen and oxygen atoms in total. The average Bonchev–Trinajstić information content (AvgIpc) is 3.10. The van der Waals surface area contributed by atoms with Gasteiger partial charge in [0.1, 0.15) is 0 Å². The Hall–Kier alpha value is -2.17.